The molecule has 0 aromatic heterocycles. The van der Waals surface area contributed by atoms with Crippen LogP contribution in [0.3, 0.4) is 0 Å². The van der Waals surface area contributed by atoms with Crippen LogP contribution in [-0.2, 0) is 14.3 Å². The summed E-state index contributed by atoms with van der Waals surface area (Å²) < 4.78 is 4.59. The van der Waals surface area contributed by atoms with Crippen LogP contribution in [0.2, 0.25) is 0 Å². The number of hydrogen-bond donors (Lipinski definition) is 0. The standard InChI is InChI=1S/C10H14O3/c1-13-10(12)8-4-7(5-9(8)11)6-2-3-6/h6-8H,2-5H2,1H3. The fraction of sp³-hybridized carbons (Fsp3) is 0.800. The van der Waals surface area contributed by atoms with Crippen LogP contribution < -0.4 is 0 Å². The van der Waals surface area contributed by atoms with Gasteiger partial charge >= 0.3 is 5.97 Å². The van der Waals surface area contributed by atoms with Crippen molar-refractivity contribution in [1.29, 1.82) is 0 Å². The third-order valence-corrected chi connectivity index (χ3v) is 3.16. The first kappa shape index (κ1) is 8.73. The zero-order chi connectivity index (χ0) is 9.42. The number of ether oxygens (including phenoxy) is 1. The Bertz CT molecular complexity index is 243. The number of rotatable bonds is 2. The Kier molecular flexibility index (Phi) is 2.10. The molecule has 0 saturated heterocycles. The molecule has 0 aromatic carbocycles. The first-order valence-corrected chi connectivity index (χ1v) is 4.83. The Morgan fingerprint density at radius 1 is 1.38 bits per heavy atom. The van der Waals surface area contributed by atoms with Crippen molar-refractivity contribution < 1.29 is 14.3 Å². The molecule has 2 fully saturated rings. The van der Waals surface area contributed by atoms with Crippen LogP contribution in [0.25, 0.3) is 0 Å². The largest absolute Gasteiger partial charge is 0.468 e. The molecule has 3 nitrogen and oxygen atoms in total. The molecule has 13 heavy (non-hydrogen) atoms. The van der Waals surface area contributed by atoms with Gasteiger partial charge in [0, 0.05) is 6.42 Å². The van der Waals surface area contributed by atoms with Crippen LogP contribution in [-0.4, -0.2) is 18.9 Å². The van der Waals surface area contributed by atoms with Crippen LogP contribution >= 0.6 is 0 Å². The summed E-state index contributed by atoms with van der Waals surface area (Å²) in [4.78, 5) is 22.6. The summed E-state index contributed by atoms with van der Waals surface area (Å²) >= 11 is 0. The minimum Gasteiger partial charge on any atom is -0.468 e. The zero-order valence-electron chi connectivity index (χ0n) is 7.79. The summed E-state index contributed by atoms with van der Waals surface area (Å²) in [5, 5.41) is 0. The van der Waals surface area contributed by atoms with Crippen molar-refractivity contribution in [2.75, 3.05) is 7.11 Å². The molecular weight excluding hydrogens is 168 g/mol. The molecule has 2 atom stereocenters. The summed E-state index contributed by atoms with van der Waals surface area (Å²) in [5.41, 5.74) is 0. The van der Waals surface area contributed by atoms with E-state index in [1.807, 2.05) is 0 Å². The molecule has 72 valence electrons. The molecule has 0 aliphatic heterocycles. The number of methoxy groups -OCH3 is 1. The molecular formula is C10H14O3. The van der Waals surface area contributed by atoms with E-state index in [1.54, 1.807) is 0 Å². The second kappa shape index (κ2) is 3.13. The number of Topliss-reactive ketones (excluding diaryl/α,β-unsaturated/α-hetero) is 1. The maximum atomic E-state index is 11.4. The van der Waals surface area contributed by atoms with Crippen LogP contribution in [0, 0.1) is 17.8 Å². The van der Waals surface area contributed by atoms with E-state index in [0.29, 0.717) is 12.3 Å². The van der Waals surface area contributed by atoms with E-state index in [-0.39, 0.29) is 11.8 Å². The van der Waals surface area contributed by atoms with E-state index in [2.05, 4.69) is 4.74 Å². The van der Waals surface area contributed by atoms with Gasteiger partial charge in [0.15, 0.2) is 0 Å². The summed E-state index contributed by atoms with van der Waals surface area (Å²) in [7, 11) is 1.35. The first-order valence-electron chi connectivity index (χ1n) is 4.83. The second-order valence-electron chi connectivity index (χ2n) is 4.08. The van der Waals surface area contributed by atoms with Gasteiger partial charge in [0.2, 0.25) is 0 Å². The quantitative estimate of drug-likeness (QED) is 0.475. The van der Waals surface area contributed by atoms with E-state index in [1.165, 1.54) is 20.0 Å². The lowest BCUT2D eigenvalue weighted by molar-refractivity contribution is -0.148. The van der Waals surface area contributed by atoms with Crippen molar-refractivity contribution in [2.24, 2.45) is 17.8 Å². The lowest BCUT2D eigenvalue weighted by atomic mass is 10.0. The Labute approximate surface area is 77.4 Å². The number of ketones is 1. The van der Waals surface area contributed by atoms with Gasteiger partial charge in [-0.15, -0.1) is 0 Å². The average Bonchev–Trinajstić information content (AvgIpc) is 2.89. The monoisotopic (exact) mass is 182 g/mol. The summed E-state index contributed by atoms with van der Waals surface area (Å²) in [6, 6.07) is 0. The van der Waals surface area contributed by atoms with E-state index in [0.717, 1.165) is 12.3 Å². The summed E-state index contributed by atoms with van der Waals surface area (Å²) in [5.74, 6) is 0.489. The minimum absolute atomic E-state index is 0.0868. The van der Waals surface area contributed by atoms with Crippen LogP contribution in [0.5, 0.6) is 0 Å². The second-order valence-corrected chi connectivity index (χ2v) is 4.08. The van der Waals surface area contributed by atoms with E-state index in [9.17, 15) is 9.59 Å². The third kappa shape index (κ3) is 1.60. The first-order chi connectivity index (χ1) is 6.22. The molecule has 0 amide bonds. The Morgan fingerprint density at radius 2 is 2.08 bits per heavy atom. The Hall–Kier alpha value is -0.860. The van der Waals surface area contributed by atoms with E-state index < -0.39 is 5.92 Å². The van der Waals surface area contributed by atoms with Gasteiger partial charge in [0.25, 0.3) is 0 Å². The van der Waals surface area contributed by atoms with Gasteiger partial charge < -0.3 is 4.74 Å². The average molecular weight is 182 g/mol. The van der Waals surface area contributed by atoms with Crippen molar-refractivity contribution in [3.63, 3.8) is 0 Å². The normalized spacial score (nSPS) is 33.5. The fourth-order valence-electron chi connectivity index (χ4n) is 2.21. The molecule has 2 unspecified atom stereocenters. The predicted molar refractivity (Wildman–Crippen MR) is 46.0 cm³/mol. The number of hydrogen-bond acceptors (Lipinski definition) is 3. The number of carbonyl (C=O) groups excluding carboxylic acids is 2. The fourth-order valence-corrected chi connectivity index (χ4v) is 2.21. The molecule has 0 aromatic rings. The Balaban J connectivity index is 1.98. The van der Waals surface area contributed by atoms with Gasteiger partial charge in [-0.3, -0.25) is 9.59 Å². The summed E-state index contributed by atoms with van der Waals surface area (Å²) in [6.45, 7) is 0. The molecule has 2 rings (SSSR count). The van der Waals surface area contributed by atoms with Crippen LogP contribution in [0.4, 0.5) is 0 Å². The maximum absolute atomic E-state index is 11.4. The molecule has 2 aliphatic carbocycles. The van der Waals surface area contributed by atoms with Crippen LogP contribution in [0.15, 0.2) is 0 Å². The smallest absolute Gasteiger partial charge is 0.316 e. The van der Waals surface area contributed by atoms with Gasteiger partial charge in [-0.2, -0.15) is 0 Å². The van der Waals surface area contributed by atoms with E-state index >= 15 is 0 Å². The molecule has 0 radical (unpaired) electrons. The van der Waals surface area contributed by atoms with Crippen molar-refractivity contribution in [3.8, 4) is 0 Å². The predicted octanol–water partition coefficient (Wildman–Crippen LogP) is 1.16. The van der Waals surface area contributed by atoms with Crippen molar-refractivity contribution in [1.82, 2.24) is 0 Å². The van der Waals surface area contributed by atoms with Gasteiger partial charge in [-0.25, -0.2) is 0 Å². The Morgan fingerprint density at radius 3 is 2.62 bits per heavy atom. The molecule has 3 heteroatoms. The molecule has 0 bridgehead atoms. The van der Waals surface area contributed by atoms with Gasteiger partial charge in [0.05, 0.1) is 7.11 Å². The highest BCUT2D eigenvalue weighted by Crippen LogP contribution is 2.45. The number of carbonyl (C=O) groups is 2. The molecule has 2 saturated carbocycles. The highest BCUT2D eigenvalue weighted by Gasteiger charge is 2.44. The SMILES string of the molecule is COC(=O)C1CC(C2CC2)CC1=O. The minimum atomic E-state index is -0.449. The molecule has 2 aliphatic rings. The summed E-state index contributed by atoms with van der Waals surface area (Å²) in [6.07, 6.45) is 3.82. The third-order valence-electron chi connectivity index (χ3n) is 3.16. The highest BCUT2D eigenvalue weighted by molar-refractivity contribution is 6.00. The van der Waals surface area contributed by atoms with Crippen LogP contribution in [0.1, 0.15) is 25.7 Å². The molecule has 0 spiro atoms. The van der Waals surface area contributed by atoms with E-state index in [4.69, 9.17) is 0 Å². The zero-order valence-corrected chi connectivity index (χ0v) is 7.79. The molecule has 0 heterocycles. The van der Waals surface area contributed by atoms with Crippen molar-refractivity contribution in [3.05, 3.63) is 0 Å². The van der Waals surface area contributed by atoms with Gasteiger partial charge in [0.1, 0.15) is 11.7 Å². The number of esters is 1. The van der Waals surface area contributed by atoms with Crippen molar-refractivity contribution in [2.45, 2.75) is 25.7 Å². The maximum Gasteiger partial charge on any atom is 0.316 e. The lowest BCUT2D eigenvalue weighted by Gasteiger charge is -2.06. The van der Waals surface area contributed by atoms with Gasteiger partial charge in [-0.05, 0) is 31.1 Å². The molecule has 0 N–H and O–H groups in total. The topological polar surface area (TPSA) is 43.4 Å². The van der Waals surface area contributed by atoms with Crippen molar-refractivity contribution >= 4 is 11.8 Å². The lowest BCUT2D eigenvalue weighted by Crippen LogP contribution is -2.19. The highest BCUT2D eigenvalue weighted by atomic mass is 16.5. The van der Waals surface area contributed by atoms with Gasteiger partial charge in [-0.1, -0.05) is 0 Å².